The zero-order valence-electron chi connectivity index (χ0n) is 10.6. The van der Waals surface area contributed by atoms with Crippen molar-refractivity contribution in [1.82, 2.24) is 15.0 Å². The van der Waals surface area contributed by atoms with Crippen LogP contribution in [0.2, 0.25) is 0 Å². The van der Waals surface area contributed by atoms with Crippen molar-refractivity contribution in [3.63, 3.8) is 0 Å². The van der Waals surface area contributed by atoms with Gasteiger partial charge in [0.05, 0.1) is 6.10 Å². The van der Waals surface area contributed by atoms with E-state index < -0.39 is 0 Å². The zero-order valence-corrected chi connectivity index (χ0v) is 10.6. The van der Waals surface area contributed by atoms with E-state index in [1.807, 2.05) is 0 Å². The van der Waals surface area contributed by atoms with Crippen LogP contribution >= 0.6 is 0 Å². The minimum absolute atomic E-state index is 0.0433. The first kappa shape index (κ1) is 13.0. The van der Waals surface area contributed by atoms with Crippen LogP contribution in [0.3, 0.4) is 0 Å². The fourth-order valence-electron chi connectivity index (χ4n) is 2.06. The molecule has 6 nitrogen and oxygen atoms in total. The number of amides is 1. The molecule has 2 heterocycles. The number of carbonyl (C=O) groups is 1. The molecule has 1 aromatic rings. The number of aliphatic hydroxyl groups is 1. The van der Waals surface area contributed by atoms with Crippen LogP contribution in [0.15, 0.2) is 4.52 Å². The molecule has 1 aliphatic rings. The third-order valence-electron chi connectivity index (χ3n) is 3.05. The van der Waals surface area contributed by atoms with E-state index in [4.69, 9.17) is 4.52 Å². The molecule has 1 aliphatic heterocycles. The summed E-state index contributed by atoms with van der Waals surface area (Å²) in [5, 5.41) is 13.2. The minimum atomic E-state index is -0.367. The summed E-state index contributed by atoms with van der Waals surface area (Å²) in [6.45, 7) is 3.15. The van der Waals surface area contributed by atoms with Gasteiger partial charge in [-0.05, 0) is 12.8 Å². The molecule has 100 valence electrons. The number of hydrogen-bond acceptors (Lipinski definition) is 5. The topological polar surface area (TPSA) is 79.5 Å². The number of hydrogen-bond donors (Lipinski definition) is 1. The van der Waals surface area contributed by atoms with E-state index in [0.717, 1.165) is 12.8 Å². The summed E-state index contributed by atoms with van der Waals surface area (Å²) in [4.78, 5) is 17.7. The van der Waals surface area contributed by atoms with Crippen molar-refractivity contribution in [3.8, 4) is 0 Å². The first-order valence-corrected chi connectivity index (χ1v) is 6.46. The summed E-state index contributed by atoms with van der Waals surface area (Å²) in [5.41, 5.74) is 0. The van der Waals surface area contributed by atoms with Crippen LogP contribution < -0.4 is 0 Å². The molecule has 18 heavy (non-hydrogen) atoms. The Morgan fingerprint density at radius 2 is 2.39 bits per heavy atom. The molecule has 1 aromatic heterocycles. The van der Waals surface area contributed by atoms with E-state index in [1.54, 1.807) is 4.90 Å². The second kappa shape index (κ2) is 5.95. The Hall–Kier alpha value is -1.43. The Balaban J connectivity index is 1.78. The van der Waals surface area contributed by atoms with Crippen LogP contribution in [-0.2, 0) is 17.6 Å². The fourth-order valence-corrected chi connectivity index (χ4v) is 2.06. The van der Waals surface area contributed by atoms with Gasteiger partial charge in [-0.2, -0.15) is 4.98 Å². The SMILES string of the molecule is CCCc1noc(CCC(=O)N2CCC(O)C2)n1. The smallest absolute Gasteiger partial charge is 0.227 e. The molecule has 0 saturated carbocycles. The van der Waals surface area contributed by atoms with Gasteiger partial charge in [-0.3, -0.25) is 4.79 Å². The van der Waals surface area contributed by atoms with E-state index in [1.165, 1.54) is 0 Å². The van der Waals surface area contributed by atoms with E-state index in [-0.39, 0.29) is 12.0 Å². The van der Waals surface area contributed by atoms with Crippen molar-refractivity contribution in [2.75, 3.05) is 13.1 Å². The molecule has 0 aromatic carbocycles. The van der Waals surface area contributed by atoms with Gasteiger partial charge in [0.2, 0.25) is 11.8 Å². The molecule has 6 heteroatoms. The lowest BCUT2D eigenvalue weighted by Gasteiger charge is -2.14. The third kappa shape index (κ3) is 3.29. The lowest BCUT2D eigenvalue weighted by molar-refractivity contribution is -0.130. The summed E-state index contributed by atoms with van der Waals surface area (Å²) in [5.74, 6) is 1.27. The number of aliphatic hydroxyl groups excluding tert-OH is 1. The lowest BCUT2D eigenvalue weighted by Crippen LogP contribution is -2.29. The van der Waals surface area contributed by atoms with Crippen molar-refractivity contribution >= 4 is 5.91 Å². The van der Waals surface area contributed by atoms with Gasteiger partial charge < -0.3 is 14.5 Å². The standard InChI is InChI=1S/C12H19N3O3/c1-2-3-10-13-11(18-14-10)4-5-12(17)15-7-6-9(16)8-15/h9,16H,2-8H2,1H3. The van der Waals surface area contributed by atoms with Crippen LogP contribution in [0.5, 0.6) is 0 Å². The molecule has 0 spiro atoms. The van der Waals surface area contributed by atoms with Gasteiger partial charge in [-0.15, -0.1) is 0 Å². The second-order valence-electron chi connectivity index (χ2n) is 4.64. The number of likely N-dealkylation sites (tertiary alicyclic amines) is 1. The predicted octanol–water partition coefficient (Wildman–Crippen LogP) is 0.548. The van der Waals surface area contributed by atoms with Gasteiger partial charge in [0, 0.05) is 32.4 Å². The number of aryl methyl sites for hydroxylation is 2. The Labute approximate surface area is 106 Å². The highest BCUT2D eigenvalue weighted by molar-refractivity contribution is 5.76. The van der Waals surface area contributed by atoms with Crippen LogP contribution in [0.4, 0.5) is 0 Å². The summed E-state index contributed by atoms with van der Waals surface area (Å²) in [6.07, 6.45) is 2.92. The van der Waals surface area contributed by atoms with Crippen molar-refractivity contribution in [2.45, 2.75) is 45.1 Å². The minimum Gasteiger partial charge on any atom is -0.391 e. The normalized spacial score (nSPS) is 19.4. The number of β-amino-alcohol motifs (C(OH)–C–C–N with tert-alkyl or cyclic N) is 1. The first-order valence-electron chi connectivity index (χ1n) is 6.46. The van der Waals surface area contributed by atoms with Crippen molar-refractivity contribution < 1.29 is 14.4 Å². The number of aromatic nitrogens is 2. The van der Waals surface area contributed by atoms with Gasteiger partial charge in [-0.25, -0.2) is 0 Å². The average Bonchev–Trinajstić information content (AvgIpc) is 2.96. The molecule has 2 rings (SSSR count). The van der Waals surface area contributed by atoms with Crippen LogP contribution in [-0.4, -0.2) is 45.2 Å². The predicted molar refractivity (Wildman–Crippen MR) is 63.8 cm³/mol. The summed E-state index contributed by atoms with van der Waals surface area (Å²) in [6, 6.07) is 0. The van der Waals surface area contributed by atoms with E-state index in [0.29, 0.717) is 44.1 Å². The number of rotatable bonds is 5. The first-order chi connectivity index (χ1) is 8.69. The highest BCUT2D eigenvalue weighted by Crippen LogP contribution is 2.11. The monoisotopic (exact) mass is 253 g/mol. The molecule has 1 atom stereocenters. The Morgan fingerprint density at radius 1 is 1.56 bits per heavy atom. The van der Waals surface area contributed by atoms with E-state index in [9.17, 15) is 9.90 Å². The largest absolute Gasteiger partial charge is 0.391 e. The fraction of sp³-hybridized carbons (Fsp3) is 0.750. The van der Waals surface area contributed by atoms with Crippen LogP contribution in [0.1, 0.15) is 37.9 Å². The molecule has 1 unspecified atom stereocenters. The Morgan fingerprint density at radius 3 is 3.06 bits per heavy atom. The van der Waals surface area contributed by atoms with Gasteiger partial charge >= 0.3 is 0 Å². The van der Waals surface area contributed by atoms with Gasteiger partial charge in [0.25, 0.3) is 0 Å². The number of nitrogens with zero attached hydrogens (tertiary/aromatic N) is 3. The summed E-state index contributed by atoms with van der Waals surface area (Å²) >= 11 is 0. The molecule has 1 amide bonds. The van der Waals surface area contributed by atoms with Gasteiger partial charge in [0.1, 0.15) is 0 Å². The highest BCUT2D eigenvalue weighted by Gasteiger charge is 2.24. The maximum Gasteiger partial charge on any atom is 0.227 e. The van der Waals surface area contributed by atoms with Crippen molar-refractivity contribution in [2.24, 2.45) is 0 Å². The van der Waals surface area contributed by atoms with Crippen LogP contribution in [0.25, 0.3) is 0 Å². The van der Waals surface area contributed by atoms with E-state index >= 15 is 0 Å². The number of carbonyl (C=O) groups excluding carboxylic acids is 1. The average molecular weight is 253 g/mol. The Bertz CT molecular complexity index is 405. The molecular weight excluding hydrogens is 234 g/mol. The van der Waals surface area contributed by atoms with Gasteiger partial charge in [-0.1, -0.05) is 12.1 Å². The summed E-state index contributed by atoms with van der Waals surface area (Å²) < 4.78 is 5.07. The summed E-state index contributed by atoms with van der Waals surface area (Å²) in [7, 11) is 0. The highest BCUT2D eigenvalue weighted by atomic mass is 16.5. The molecule has 1 fully saturated rings. The molecule has 1 N–H and O–H groups in total. The van der Waals surface area contributed by atoms with Crippen molar-refractivity contribution in [3.05, 3.63) is 11.7 Å². The maximum atomic E-state index is 11.8. The third-order valence-corrected chi connectivity index (χ3v) is 3.05. The Kier molecular flexibility index (Phi) is 4.30. The molecule has 1 saturated heterocycles. The molecular formula is C12H19N3O3. The second-order valence-corrected chi connectivity index (χ2v) is 4.64. The van der Waals surface area contributed by atoms with Crippen molar-refractivity contribution in [1.29, 1.82) is 0 Å². The molecule has 0 bridgehead atoms. The maximum absolute atomic E-state index is 11.8. The van der Waals surface area contributed by atoms with Gasteiger partial charge in [0.15, 0.2) is 5.82 Å². The zero-order chi connectivity index (χ0) is 13.0. The van der Waals surface area contributed by atoms with E-state index in [2.05, 4.69) is 17.1 Å². The quantitative estimate of drug-likeness (QED) is 0.829. The lowest BCUT2D eigenvalue weighted by atomic mass is 10.2. The van der Waals surface area contributed by atoms with Crippen LogP contribution in [0, 0.1) is 0 Å². The molecule has 0 radical (unpaired) electrons. The molecule has 0 aliphatic carbocycles.